The molecule has 1 rings (SSSR count). The Bertz CT molecular complexity index is 410. The first-order valence-corrected chi connectivity index (χ1v) is 4.82. The van der Waals surface area contributed by atoms with Crippen molar-refractivity contribution in [2.45, 2.75) is 12.3 Å². The Hall–Kier alpha value is -1.93. The van der Waals surface area contributed by atoms with Crippen molar-refractivity contribution >= 4 is 11.7 Å². The van der Waals surface area contributed by atoms with Gasteiger partial charge in [-0.15, -0.1) is 10.2 Å². The highest BCUT2D eigenvalue weighted by atomic mass is 19.3. The largest absolute Gasteiger partial charge is 0.362 e. The number of hydrogen-bond acceptors (Lipinski definition) is 4. The second-order valence-electron chi connectivity index (χ2n) is 3.30. The van der Waals surface area contributed by atoms with Crippen molar-refractivity contribution in [3.8, 4) is 0 Å². The fraction of sp³-hybridized carbons (Fsp3) is 0.444. The number of nitrogens with zero attached hydrogens (tertiary/aromatic N) is 2. The lowest BCUT2D eigenvalue weighted by molar-refractivity contribution is -0.117. The zero-order valence-corrected chi connectivity index (χ0v) is 9.25. The highest BCUT2D eigenvalue weighted by molar-refractivity contribution is 5.91. The second-order valence-corrected chi connectivity index (χ2v) is 3.30. The van der Waals surface area contributed by atoms with Gasteiger partial charge < -0.3 is 10.6 Å². The van der Waals surface area contributed by atoms with E-state index in [4.69, 9.17) is 0 Å². The summed E-state index contributed by atoms with van der Waals surface area (Å²) < 4.78 is 48.8. The maximum atomic E-state index is 12.6. The standard InChI is InChI=1S/C9H10F4N4O/c1-14-7(18)5-2-3-6(17-16-5)15-4-9(12,13)8(10)11/h2-3,8H,4H2,1H3,(H,14,18)(H,15,17). The molecule has 9 heteroatoms. The minimum absolute atomic E-state index is 0.0105. The Labute approximate surface area is 99.6 Å². The van der Waals surface area contributed by atoms with Crippen LogP contribution >= 0.6 is 0 Å². The number of halogens is 4. The number of anilines is 1. The molecule has 0 atom stereocenters. The van der Waals surface area contributed by atoms with E-state index in [2.05, 4.69) is 15.5 Å². The number of carbonyl (C=O) groups excluding carboxylic acids is 1. The van der Waals surface area contributed by atoms with Crippen molar-refractivity contribution in [1.29, 1.82) is 0 Å². The van der Waals surface area contributed by atoms with Crippen LogP contribution in [0, 0.1) is 0 Å². The van der Waals surface area contributed by atoms with E-state index in [0.29, 0.717) is 0 Å². The van der Waals surface area contributed by atoms with Crippen LogP contribution in [0.15, 0.2) is 12.1 Å². The third kappa shape index (κ3) is 3.54. The van der Waals surface area contributed by atoms with Crippen molar-refractivity contribution in [2.24, 2.45) is 0 Å². The Morgan fingerprint density at radius 2 is 2.06 bits per heavy atom. The average molecular weight is 266 g/mol. The van der Waals surface area contributed by atoms with Crippen LogP contribution in [0.4, 0.5) is 23.4 Å². The Morgan fingerprint density at radius 1 is 1.39 bits per heavy atom. The Balaban J connectivity index is 2.62. The van der Waals surface area contributed by atoms with Crippen molar-refractivity contribution in [3.63, 3.8) is 0 Å². The predicted octanol–water partition coefficient (Wildman–Crippen LogP) is 1.15. The maximum absolute atomic E-state index is 12.6. The van der Waals surface area contributed by atoms with Gasteiger partial charge >= 0.3 is 12.3 Å². The van der Waals surface area contributed by atoms with Crippen molar-refractivity contribution in [3.05, 3.63) is 17.8 Å². The van der Waals surface area contributed by atoms with Gasteiger partial charge in [0, 0.05) is 7.05 Å². The van der Waals surface area contributed by atoms with Crippen molar-refractivity contribution < 1.29 is 22.4 Å². The van der Waals surface area contributed by atoms with Crippen LogP contribution in [-0.4, -0.2) is 42.0 Å². The van der Waals surface area contributed by atoms with Crippen LogP contribution < -0.4 is 10.6 Å². The monoisotopic (exact) mass is 266 g/mol. The zero-order chi connectivity index (χ0) is 13.8. The summed E-state index contributed by atoms with van der Waals surface area (Å²) in [6, 6.07) is 2.42. The molecule has 0 bridgehead atoms. The first kappa shape index (κ1) is 14.1. The van der Waals surface area contributed by atoms with Crippen LogP contribution in [-0.2, 0) is 0 Å². The lowest BCUT2D eigenvalue weighted by Gasteiger charge is -2.15. The summed E-state index contributed by atoms with van der Waals surface area (Å²) in [4.78, 5) is 11.1. The van der Waals surface area contributed by atoms with E-state index in [1.165, 1.54) is 19.2 Å². The lowest BCUT2D eigenvalue weighted by Crippen LogP contribution is -2.35. The first-order valence-electron chi connectivity index (χ1n) is 4.82. The number of alkyl halides is 4. The Kier molecular flexibility index (Phi) is 4.40. The topological polar surface area (TPSA) is 66.9 Å². The number of aromatic nitrogens is 2. The van der Waals surface area contributed by atoms with Crippen LogP contribution in [0.5, 0.6) is 0 Å². The number of amides is 1. The molecule has 0 saturated heterocycles. The molecule has 0 saturated carbocycles. The van der Waals surface area contributed by atoms with Crippen LogP contribution in [0.1, 0.15) is 10.5 Å². The minimum atomic E-state index is -4.15. The minimum Gasteiger partial charge on any atom is -0.362 e. The van der Waals surface area contributed by atoms with Gasteiger partial charge in [-0.05, 0) is 12.1 Å². The fourth-order valence-corrected chi connectivity index (χ4v) is 0.961. The van der Waals surface area contributed by atoms with Gasteiger partial charge in [0.2, 0.25) is 0 Å². The molecule has 100 valence electrons. The highest BCUT2D eigenvalue weighted by Crippen LogP contribution is 2.22. The maximum Gasteiger partial charge on any atom is 0.324 e. The van der Waals surface area contributed by atoms with E-state index in [1.807, 2.05) is 5.32 Å². The van der Waals surface area contributed by atoms with Crippen molar-refractivity contribution in [1.82, 2.24) is 15.5 Å². The smallest absolute Gasteiger partial charge is 0.324 e. The summed E-state index contributed by atoms with van der Waals surface area (Å²) in [5.74, 6) is -4.77. The third-order valence-corrected chi connectivity index (χ3v) is 1.95. The first-order chi connectivity index (χ1) is 8.36. The van der Waals surface area contributed by atoms with Gasteiger partial charge in [-0.1, -0.05) is 0 Å². The molecule has 5 nitrogen and oxygen atoms in total. The molecule has 18 heavy (non-hydrogen) atoms. The summed E-state index contributed by atoms with van der Waals surface area (Å²) in [6.07, 6.45) is -3.76. The van der Waals surface area contributed by atoms with E-state index in [1.54, 1.807) is 0 Å². The number of rotatable bonds is 5. The molecule has 1 amide bonds. The van der Waals surface area contributed by atoms with E-state index >= 15 is 0 Å². The highest BCUT2D eigenvalue weighted by Gasteiger charge is 2.40. The van der Waals surface area contributed by atoms with E-state index in [9.17, 15) is 22.4 Å². The summed E-state index contributed by atoms with van der Waals surface area (Å²) in [7, 11) is 1.39. The molecule has 2 N–H and O–H groups in total. The van der Waals surface area contributed by atoms with Gasteiger partial charge in [-0.2, -0.15) is 8.78 Å². The molecule has 0 aromatic carbocycles. The van der Waals surface area contributed by atoms with Crippen LogP contribution in [0.2, 0.25) is 0 Å². The molecule has 0 unspecified atom stereocenters. The van der Waals surface area contributed by atoms with Gasteiger partial charge in [-0.25, -0.2) is 8.78 Å². The third-order valence-electron chi connectivity index (χ3n) is 1.95. The molecule has 1 aromatic rings. The molecule has 0 fully saturated rings. The predicted molar refractivity (Wildman–Crippen MR) is 54.9 cm³/mol. The molecule has 1 aromatic heterocycles. The summed E-state index contributed by atoms with van der Waals surface area (Å²) >= 11 is 0. The molecule has 0 spiro atoms. The van der Waals surface area contributed by atoms with Gasteiger partial charge in [-0.3, -0.25) is 4.79 Å². The Morgan fingerprint density at radius 3 is 2.50 bits per heavy atom. The SMILES string of the molecule is CNC(=O)c1ccc(NCC(F)(F)C(F)F)nn1. The molecule has 0 radical (unpaired) electrons. The molecule has 0 aliphatic rings. The molecular formula is C9H10F4N4O. The van der Waals surface area contributed by atoms with Crippen LogP contribution in [0.3, 0.4) is 0 Å². The lowest BCUT2D eigenvalue weighted by atomic mass is 10.3. The van der Waals surface area contributed by atoms with E-state index in [0.717, 1.165) is 0 Å². The fourth-order valence-electron chi connectivity index (χ4n) is 0.961. The number of carbonyl (C=O) groups is 1. The quantitative estimate of drug-likeness (QED) is 0.784. The van der Waals surface area contributed by atoms with Gasteiger partial charge in [0.05, 0.1) is 6.54 Å². The number of hydrogen-bond donors (Lipinski definition) is 2. The average Bonchev–Trinajstić information content (AvgIpc) is 2.36. The molecule has 0 aliphatic heterocycles. The number of nitrogens with one attached hydrogen (secondary N) is 2. The summed E-state index contributed by atoms with van der Waals surface area (Å²) in [5.41, 5.74) is -0.0105. The van der Waals surface area contributed by atoms with E-state index in [-0.39, 0.29) is 11.5 Å². The summed E-state index contributed by atoms with van der Waals surface area (Å²) in [6.45, 7) is -1.27. The van der Waals surface area contributed by atoms with E-state index < -0.39 is 24.8 Å². The normalized spacial score (nSPS) is 11.4. The summed E-state index contributed by atoms with van der Waals surface area (Å²) in [5, 5.41) is 11.2. The van der Waals surface area contributed by atoms with Crippen molar-refractivity contribution in [2.75, 3.05) is 18.9 Å². The molecule has 0 aliphatic carbocycles. The van der Waals surface area contributed by atoms with Gasteiger partial charge in [0.15, 0.2) is 5.69 Å². The molecule has 1 heterocycles. The van der Waals surface area contributed by atoms with Crippen LogP contribution in [0.25, 0.3) is 0 Å². The molecular weight excluding hydrogens is 256 g/mol. The zero-order valence-electron chi connectivity index (χ0n) is 9.25. The van der Waals surface area contributed by atoms with Gasteiger partial charge in [0.1, 0.15) is 5.82 Å². The van der Waals surface area contributed by atoms with Gasteiger partial charge in [0.25, 0.3) is 5.91 Å². The second kappa shape index (κ2) is 5.61.